The van der Waals surface area contributed by atoms with Gasteiger partial charge in [-0.3, -0.25) is 4.98 Å². The molecular weight excluding hydrogens is 579 g/mol. The van der Waals surface area contributed by atoms with Crippen LogP contribution in [0.1, 0.15) is 0 Å². The first-order valence-corrected chi connectivity index (χ1v) is 16.2. The highest BCUT2D eigenvalue weighted by Crippen LogP contribution is 2.40. The standard InChI is InChI=1S/C42H27N3S/c1-3-11-28(12-4-1)32-21-24-36(43-27-32)30-19-22-33(29-13-5-2-6-14-29)39(25-30)45-38-17-9-7-15-34(38)35-23-20-31(26-40(35)45)42-44-37-16-8-10-18-41(37)46-42/h1-27H. The zero-order chi connectivity index (χ0) is 30.5. The van der Waals surface area contributed by atoms with Gasteiger partial charge in [0.25, 0.3) is 0 Å². The van der Waals surface area contributed by atoms with E-state index in [0.717, 1.165) is 49.7 Å². The molecule has 0 aliphatic rings. The molecule has 0 N–H and O–H groups in total. The summed E-state index contributed by atoms with van der Waals surface area (Å²) >= 11 is 1.74. The molecule has 3 nitrogen and oxygen atoms in total. The van der Waals surface area contributed by atoms with Gasteiger partial charge in [0.15, 0.2) is 0 Å². The lowest BCUT2D eigenvalue weighted by atomic mass is 9.99. The number of thiazole rings is 1. The van der Waals surface area contributed by atoms with Crippen molar-refractivity contribution in [3.63, 3.8) is 0 Å². The number of rotatable bonds is 5. The molecule has 0 saturated heterocycles. The minimum atomic E-state index is 0.941. The third kappa shape index (κ3) is 4.50. The molecule has 0 saturated carbocycles. The average Bonchev–Trinajstić information content (AvgIpc) is 3.71. The van der Waals surface area contributed by atoms with E-state index in [-0.39, 0.29) is 0 Å². The van der Waals surface area contributed by atoms with E-state index in [1.165, 1.54) is 32.1 Å². The van der Waals surface area contributed by atoms with Crippen LogP contribution in [0.25, 0.3) is 81.8 Å². The van der Waals surface area contributed by atoms with Crippen LogP contribution in [0.2, 0.25) is 0 Å². The molecule has 9 aromatic rings. The van der Waals surface area contributed by atoms with Gasteiger partial charge in [-0.2, -0.15) is 0 Å². The lowest BCUT2D eigenvalue weighted by molar-refractivity contribution is 1.18. The molecule has 0 spiro atoms. The van der Waals surface area contributed by atoms with E-state index in [4.69, 9.17) is 9.97 Å². The predicted octanol–water partition coefficient (Wildman–Crippen LogP) is 11.5. The van der Waals surface area contributed by atoms with Gasteiger partial charge in [-0.1, -0.05) is 121 Å². The van der Waals surface area contributed by atoms with E-state index >= 15 is 0 Å². The van der Waals surface area contributed by atoms with E-state index in [1.807, 2.05) is 12.3 Å². The highest BCUT2D eigenvalue weighted by Gasteiger charge is 2.18. The molecule has 0 fully saturated rings. The van der Waals surface area contributed by atoms with Crippen molar-refractivity contribution in [2.75, 3.05) is 0 Å². The highest BCUT2D eigenvalue weighted by atomic mass is 32.1. The number of aromatic nitrogens is 3. The lowest BCUT2D eigenvalue weighted by Crippen LogP contribution is -1.99. The highest BCUT2D eigenvalue weighted by molar-refractivity contribution is 7.21. The Hall–Kier alpha value is -5.84. The maximum absolute atomic E-state index is 4.99. The molecule has 0 amide bonds. The topological polar surface area (TPSA) is 30.7 Å². The zero-order valence-corrected chi connectivity index (χ0v) is 25.7. The van der Waals surface area contributed by atoms with Crippen LogP contribution >= 0.6 is 11.3 Å². The quantitative estimate of drug-likeness (QED) is 0.195. The van der Waals surface area contributed by atoms with Gasteiger partial charge in [-0.25, -0.2) is 4.98 Å². The molecule has 0 bridgehead atoms. The van der Waals surface area contributed by atoms with Crippen molar-refractivity contribution in [1.29, 1.82) is 0 Å². The summed E-state index contributed by atoms with van der Waals surface area (Å²) in [4.78, 5) is 9.93. The van der Waals surface area contributed by atoms with Gasteiger partial charge in [-0.05, 0) is 47.5 Å². The molecule has 9 rings (SSSR count). The summed E-state index contributed by atoms with van der Waals surface area (Å²) in [6.07, 6.45) is 1.97. The van der Waals surface area contributed by atoms with E-state index in [1.54, 1.807) is 11.3 Å². The maximum atomic E-state index is 4.99. The van der Waals surface area contributed by atoms with Gasteiger partial charge in [-0.15, -0.1) is 11.3 Å². The molecule has 0 unspecified atom stereocenters. The first-order chi connectivity index (χ1) is 22.8. The summed E-state index contributed by atoms with van der Waals surface area (Å²) in [7, 11) is 0. The lowest BCUT2D eigenvalue weighted by Gasteiger charge is -2.16. The number of nitrogens with zero attached hydrogens (tertiary/aromatic N) is 3. The second kappa shape index (κ2) is 11.0. The van der Waals surface area contributed by atoms with Gasteiger partial charge < -0.3 is 4.57 Å². The SMILES string of the molecule is c1ccc(-c2ccc(-c3ccc(-c4ccccc4)c(-n4c5ccccc5c5ccc(-c6nc7ccccc7s6)cc54)c3)nc2)cc1. The molecular formula is C42H27N3S. The summed E-state index contributed by atoms with van der Waals surface area (Å²) in [5.74, 6) is 0. The zero-order valence-electron chi connectivity index (χ0n) is 24.8. The van der Waals surface area contributed by atoms with Gasteiger partial charge in [0.1, 0.15) is 5.01 Å². The van der Waals surface area contributed by atoms with Crippen molar-refractivity contribution in [3.8, 4) is 49.8 Å². The summed E-state index contributed by atoms with van der Waals surface area (Å²) in [5.41, 5.74) is 12.2. The smallest absolute Gasteiger partial charge is 0.124 e. The van der Waals surface area contributed by atoms with E-state index < -0.39 is 0 Å². The fourth-order valence-electron chi connectivity index (χ4n) is 6.46. The third-order valence-electron chi connectivity index (χ3n) is 8.70. The first-order valence-electron chi connectivity index (χ1n) is 15.4. The van der Waals surface area contributed by atoms with Crippen molar-refractivity contribution in [2.45, 2.75) is 0 Å². The predicted molar refractivity (Wildman–Crippen MR) is 193 cm³/mol. The van der Waals surface area contributed by atoms with Crippen LogP contribution in [-0.2, 0) is 0 Å². The molecule has 4 heteroatoms. The largest absolute Gasteiger partial charge is 0.309 e. The molecule has 0 atom stereocenters. The number of hydrogen-bond acceptors (Lipinski definition) is 3. The molecule has 0 radical (unpaired) electrons. The number of hydrogen-bond donors (Lipinski definition) is 0. The van der Waals surface area contributed by atoms with Crippen molar-refractivity contribution in [1.82, 2.24) is 14.5 Å². The van der Waals surface area contributed by atoms with Crippen molar-refractivity contribution in [3.05, 3.63) is 164 Å². The van der Waals surface area contributed by atoms with Gasteiger partial charge in [0, 0.05) is 39.2 Å². The van der Waals surface area contributed by atoms with Crippen molar-refractivity contribution in [2.24, 2.45) is 0 Å². The molecule has 0 aliphatic carbocycles. The average molecular weight is 606 g/mol. The fourth-order valence-corrected chi connectivity index (χ4v) is 7.42. The Morgan fingerprint density at radius 2 is 1.17 bits per heavy atom. The van der Waals surface area contributed by atoms with Gasteiger partial charge >= 0.3 is 0 Å². The summed E-state index contributed by atoms with van der Waals surface area (Å²) in [6, 6.07) is 55.9. The third-order valence-corrected chi connectivity index (χ3v) is 9.79. The van der Waals surface area contributed by atoms with Crippen LogP contribution in [0.15, 0.2) is 164 Å². The second-order valence-corrected chi connectivity index (χ2v) is 12.5. The van der Waals surface area contributed by atoms with Crippen LogP contribution in [0.3, 0.4) is 0 Å². The molecule has 0 aliphatic heterocycles. The summed E-state index contributed by atoms with van der Waals surface area (Å²) in [5, 5.41) is 3.47. The second-order valence-electron chi connectivity index (χ2n) is 11.5. The van der Waals surface area contributed by atoms with E-state index in [9.17, 15) is 0 Å². The number of benzene rings is 6. The minimum absolute atomic E-state index is 0.941. The van der Waals surface area contributed by atoms with Crippen molar-refractivity contribution >= 4 is 43.4 Å². The Kier molecular flexibility index (Phi) is 6.32. The van der Waals surface area contributed by atoms with E-state index in [0.29, 0.717) is 0 Å². The Morgan fingerprint density at radius 1 is 0.478 bits per heavy atom. The van der Waals surface area contributed by atoms with Crippen molar-refractivity contribution < 1.29 is 0 Å². The van der Waals surface area contributed by atoms with Crippen LogP contribution in [0, 0.1) is 0 Å². The molecule has 6 aromatic carbocycles. The number of pyridine rings is 1. The first kappa shape index (κ1) is 26.6. The normalized spacial score (nSPS) is 11.5. The maximum Gasteiger partial charge on any atom is 0.124 e. The van der Waals surface area contributed by atoms with Gasteiger partial charge in [0.05, 0.1) is 32.6 Å². The molecule has 216 valence electrons. The van der Waals surface area contributed by atoms with E-state index in [2.05, 4.69) is 156 Å². The Morgan fingerprint density at radius 3 is 1.98 bits per heavy atom. The monoisotopic (exact) mass is 605 g/mol. The summed E-state index contributed by atoms with van der Waals surface area (Å²) < 4.78 is 3.62. The van der Waals surface area contributed by atoms with Crippen LogP contribution in [-0.4, -0.2) is 14.5 Å². The summed E-state index contributed by atoms with van der Waals surface area (Å²) in [6.45, 7) is 0. The number of para-hydroxylation sites is 2. The Labute approximate surface area is 270 Å². The van der Waals surface area contributed by atoms with Gasteiger partial charge in [0.2, 0.25) is 0 Å². The molecule has 3 aromatic heterocycles. The van der Waals surface area contributed by atoms with Crippen LogP contribution in [0.5, 0.6) is 0 Å². The Bertz CT molecular complexity index is 2480. The fraction of sp³-hybridized carbons (Fsp3) is 0. The molecule has 3 heterocycles. The molecule has 46 heavy (non-hydrogen) atoms. The van der Waals surface area contributed by atoms with Crippen LogP contribution < -0.4 is 0 Å². The minimum Gasteiger partial charge on any atom is -0.309 e. The van der Waals surface area contributed by atoms with Crippen LogP contribution in [0.4, 0.5) is 0 Å². The Balaban J connectivity index is 1.27. The number of fused-ring (bicyclic) bond motifs is 4.